The van der Waals surface area contributed by atoms with Crippen molar-refractivity contribution in [1.29, 1.82) is 5.26 Å². The average Bonchev–Trinajstić information content (AvgIpc) is 3.38. The Bertz CT molecular complexity index is 842. The summed E-state index contributed by atoms with van der Waals surface area (Å²) >= 11 is 0. The molecule has 4 rings (SSSR count). The first-order valence-corrected chi connectivity index (χ1v) is 9.29. The maximum Gasteiger partial charge on any atom is 0.249 e. The van der Waals surface area contributed by atoms with Crippen LogP contribution in [0.1, 0.15) is 49.4 Å². The van der Waals surface area contributed by atoms with Gasteiger partial charge in [0, 0.05) is 12.2 Å². The highest BCUT2D eigenvalue weighted by Crippen LogP contribution is 2.32. The number of nitrogens with zero attached hydrogens (tertiary/aromatic N) is 4. The number of aromatic nitrogens is 2. The number of nitriles is 1. The van der Waals surface area contributed by atoms with Crippen molar-refractivity contribution in [2.24, 2.45) is 0 Å². The van der Waals surface area contributed by atoms with Crippen molar-refractivity contribution in [2.75, 3.05) is 16.8 Å². The van der Waals surface area contributed by atoms with Gasteiger partial charge in [-0.25, -0.2) is 0 Å². The van der Waals surface area contributed by atoms with E-state index in [9.17, 15) is 4.79 Å². The van der Waals surface area contributed by atoms with Gasteiger partial charge in [-0.15, -0.1) is 0 Å². The second kappa shape index (κ2) is 6.83. The molecule has 1 aliphatic carbocycles. The van der Waals surface area contributed by atoms with Crippen LogP contribution in [-0.4, -0.2) is 28.3 Å². The standard InChI is InChI=1S/C20H23N5O/c1-14-19(13-22-25(14)17-4-2-3-5-17)23-18-10-11-24(20(18)26)16-8-6-15(12-21)7-9-16/h6-9,13,17-18,23H,2-5,10-11H2,1H3/t18-/m1/s1. The maximum atomic E-state index is 12.8. The lowest BCUT2D eigenvalue weighted by Gasteiger charge is -2.18. The second-order valence-electron chi connectivity index (χ2n) is 7.16. The molecule has 2 fully saturated rings. The molecular weight excluding hydrogens is 326 g/mol. The fraction of sp³-hybridized carbons (Fsp3) is 0.450. The molecule has 1 aromatic carbocycles. The van der Waals surface area contributed by atoms with Gasteiger partial charge in [0.05, 0.1) is 35.3 Å². The van der Waals surface area contributed by atoms with Crippen LogP contribution in [0, 0.1) is 18.3 Å². The third kappa shape index (κ3) is 2.94. The first kappa shape index (κ1) is 16.6. The fourth-order valence-electron chi connectivity index (χ4n) is 4.06. The Balaban J connectivity index is 1.46. The fourth-order valence-corrected chi connectivity index (χ4v) is 4.06. The summed E-state index contributed by atoms with van der Waals surface area (Å²) in [6.07, 6.45) is 7.53. The van der Waals surface area contributed by atoms with E-state index in [0.29, 0.717) is 18.2 Å². The minimum absolute atomic E-state index is 0.0720. The van der Waals surface area contributed by atoms with Gasteiger partial charge in [0.1, 0.15) is 6.04 Å². The van der Waals surface area contributed by atoms with Crippen molar-refractivity contribution in [2.45, 2.75) is 51.1 Å². The van der Waals surface area contributed by atoms with E-state index in [1.807, 2.05) is 18.3 Å². The van der Waals surface area contributed by atoms with Crippen LogP contribution >= 0.6 is 0 Å². The summed E-state index contributed by atoms with van der Waals surface area (Å²) in [5, 5.41) is 16.9. The molecule has 6 nitrogen and oxygen atoms in total. The summed E-state index contributed by atoms with van der Waals surface area (Å²) in [7, 11) is 0. The molecule has 26 heavy (non-hydrogen) atoms. The van der Waals surface area contributed by atoms with Gasteiger partial charge in [0.25, 0.3) is 0 Å². The van der Waals surface area contributed by atoms with E-state index in [4.69, 9.17) is 5.26 Å². The molecule has 0 spiro atoms. The summed E-state index contributed by atoms with van der Waals surface area (Å²) in [5.41, 5.74) is 3.51. The van der Waals surface area contributed by atoms with Crippen LogP contribution in [0.25, 0.3) is 0 Å². The van der Waals surface area contributed by atoms with Gasteiger partial charge < -0.3 is 10.2 Å². The van der Waals surface area contributed by atoms with Crippen molar-refractivity contribution >= 4 is 17.3 Å². The molecule has 0 bridgehead atoms. The molecule has 1 saturated heterocycles. The van der Waals surface area contributed by atoms with Crippen LogP contribution in [-0.2, 0) is 4.79 Å². The van der Waals surface area contributed by atoms with Crippen LogP contribution in [0.15, 0.2) is 30.5 Å². The summed E-state index contributed by atoms with van der Waals surface area (Å²) in [4.78, 5) is 14.6. The third-order valence-electron chi connectivity index (χ3n) is 5.56. The van der Waals surface area contributed by atoms with Gasteiger partial charge in [0.2, 0.25) is 5.91 Å². The van der Waals surface area contributed by atoms with Crippen LogP contribution in [0.2, 0.25) is 0 Å². The number of anilines is 2. The van der Waals surface area contributed by atoms with E-state index in [0.717, 1.165) is 23.5 Å². The van der Waals surface area contributed by atoms with E-state index in [1.165, 1.54) is 25.7 Å². The van der Waals surface area contributed by atoms with Gasteiger partial charge in [-0.05, 0) is 50.5 Å². The molecule has 6 heteroatoms. The molecule has 1 amide bonds. The largest absolute Gasteiger partial charge is 0.371 e. The zero-order chi connectivity index (χ0) is 18.1. The lowest BCUT2D eigenvalue weighted by molar-refractivity contribution is -0.117. The van der Waals surface area contributed by atoms with E-state index in [2.05, 4.69) is 28.1 Å². The number of carbonyl (C=O) groups excluding carboxylic acids is 1. The molecule has 2 heterocycles. The molecule has 2 aliphatic rings. The highest BCUT2D eigenvalue weighted by molar-refractivity contribution is 6.01. The normalized spacial score (nSPS) is 20.5. The summed E-state index contributed by atoms with van der Waals surface area (Å²) in [5.74, 6) is 0.0720. The zero-order valence-electron chi connectivity index (χ0n) is 15.0. The molecule has 1 aliphatic heterocycles. The quantitative estimate of drug-likeness (QED) is 0.918. The molecule has 0 radical (unpaired) electrons. The predicted molar refractivity (Wildman–Crippen MR) is 100 cm³/mol. The molecule has 2 aromatic rings. The van der Waals surface area contributed by atoms with Gasteiger partial charge in [-0.3, -0.25) is 9.48 Å². The Hall–Kier alpha value is -2.81. The second-order valence-corrected chi connectivity index (χ2v) is 7.16. The highest BCUT2D eigenvalue weighted by Gasteiger charge is 2.33. The Morgan fingerprint density at radius 3 is 2.62 bits per heavy atom. The van der Waals surface area contributed by atoms with Crippen molar-refractivity contribution in [1.82, 2.24) is 9.78 Å². The SMILES string of the molecule is Cc1c(N[C@@H]2CCN(c3ccc(C#N)cc3)C2=O)cnn1C1CCCC1. The summed E-state index contributed by atoms with van der Waals surface area (Å²) < 4.78 is 2.12. The number of hydrogen-bond donors (Lipinski definition) is 1. The lowest BCUT2D eigenvalue weighted by Crippen LogP contribution is -2.33. The minimum Gasteiger partial charge on any atom is -0.371 e. The molecule has 134 valence electrons. The van der Waals surface area contributed by atoms with Crippen LogP contribution in [0.3, 0.4) is 0 Å². The minimum atomic E-state index is -0.231. The van der Waals surface area contributed by atoms with Crippen molar-refractivity contribution in [3.63, 3.8) is 0 Å². The number of amides is 1. The first-order chi connectivity index (χ1) is 12.7. The van der Waals surface area contributed by atoms with Gasteiger partial charge in [0.15, 0.2) is 0 Å². The zero-order valence-corrected chi connectivity index (χ0v) is 15.0. The molecule has 1 saturated carbocycles. The lowest BCUT2D eigenvalue weighted by atomic mass is 10.2. The summed E-state index contributed by atoms with van der Waals surface area (Å²) in [6.45, 7) is 2.75. The van der Waals surface area contributed by atoms with Crippen LogP contribution in [0.5, 0.6) is 0 Å². The maximum absolute atomic E-state index is 12.8. The van der Waals surface area contributed by atoms with E-state index < -0.39 is 0 Å². The van der Waals surface area contributed by atoms with Gasteiger partial charge in [-0.2, -0.15) is 10.4 Å². The number of benzene rings is 1. The Morgan fingerprint density at radius 2 is 1.92 bits per heavy atom. The molecule has 1 N–H and O–H groups in total. The topological polar surface area (TPSA) is 74.0 Å². The van der Waals surface area contributed by atoms with Gasteiger partial charge in [-0.1, -0.05) is 12.8 Å². The van der Waals surface area contributed by atoms with Crippen molar-refractivity contribution < 1.29 is 4.79 Å². The molecule has 1 aromatic heterocycles. The number of hydrogen-bond acceptors (Lipinski definition) is 4. The third-order valence-corrected chi connectivity index (χ3v) is 5.56. The average molecular weight is 349 g/mol. The number of nitrogens with one attached hydrogen (secondary N) is 1. The number of rotatable bonds is 4. The predicted octanol–water partition coefficient (Wildman–Crippen LogP) is 3.40. The molecule has 1 atom stereocenters. The van der Waals surface area contributed by atoms with Crippen LogP contribution in [0.4, 0.5) is 11.4 Å². The Labute approximate surface area is 153 Å². The smallest absolute Gasteiger partial charge is 0.249 e. The Morgan fingerprint density at radius 1 is 1.19 bits per heavy atom. The van der Waals surface area contributed by atoms with E-state index in [1.54, 1.807) is 17.0 Å². The molecule has 0 unspecified atom stereocenters. The van der Waals surface area contributed by atoms with Crippen LogP contribution < -0.4 is 10.2 Å². The van der Waals surface area contributed by atoms with Crippen molar-refractivity contribution in [3.05, 3.63) is 41.7 Å². The van der Waals surface area contributed by atoms with Gasteiger partial charge >= 0.3 is 0 Å². The van der Waals surface area contributed by atoms with Crippen molar-refractivity contribution in [3.8, 4) is 6.07 Å². The Kier molecular flexibility index (Phi) is 4.37. The first-order valence-electron chi connectivity index (χ1n) is 9.29. The molecular formula is C20H23N5O. The monoisotopic (exact) mass is 349 g/mol. The van der Waals surface area contributed by atoms with E-state index >= 15 is 0 Å². The number of carbonyl (C=O) groups is 1. The van der Waals surface area contributed by atoms with E-state index in [-0.39, 0.29) is 11.9 Å². The summed E-state index contributed by atoms with van der Waals surface area (Å²) in [6, 6.07) is 9.54. The highest BCUT2D eigenvalue weighted by atomic mass is 16.2.